The van der Waals surface area contributed by atoms with Crippen molar-refractivity contribution in [2.45, 2.75) is 0 Å². The molecule has 0 spiro atoms. The van der Waals surface area contributed by atoms with Gasteiger partial charge in [-0.2, -0.15) is 0 Å². The van der Waals surface area contributed by atoms with E-state index in [1.807, 2.05) is 0 Å². The minimum Gasteiger partial charge on any atom is -0.374 e. The first-order valence-corrected chi connectivity index (χ1v) is 10.6. The minimum absolute atomic E-state index is 1.14. The molecule has 0 aromatic heterocycles. The third kappa shape index (κ3) is 4.25. The van der Waals surface area contributed by atoms with Crippen LogP contribution < -0.4 is 0 Å². The van der Waals surface area contributed by atoms with E-state index in [1.165, 1.54) is 78.5 Å². The van der Waals surface area contributed by atoms with E-state index in [0.717, 1.165) is 10.2 Å². The van der Waals surface area contributed by atoms with E-state index in [1.54, 1.807) is 11.1 Å². The highest BCUT2D eigenvalue weighted by molar-refractivity contribution is 6.21. The van der Waals surface area contributed by atoms with E-state index in [-0.39, 0.29) is 0 Å². The number of rotatable bonds is 3. The van der Waals surface area contributed by atoms with Gasteiger partial charge in [0.2, 0.25) is 0 Å². The Morgan fingerprint density at radius 1 is 0.500 bits per heavy atom. The van der Waals surface area contributed by atoms with E-state index in [2.05, 4.69) is 50.5 Å². The van der Waals surface area contributed by atoms with E-state index in [4.69, 9.17) is 0 Å². The molecule has 0 unspecified atom stereocenters. The highest BCUT2D eigenvalue weighted by Crippen LogP contribution is 2.21. The van der Waals surface area contributed by atoms with Gasteiger partial charge < -0.3 is 29.4 Å². The first-order valence-electron chi connectivity index (χ1n) is 9.56. The van der Waals surface area contributed by atoms with Crippen LogP contribution in [-0.2, 0) is 0 Å². The molecule has 6 nitrogen and oxygen atoms in total. The SMILES string of the molecule is CN1CCN(C([SiH3])=C(N2CCN(C)CC2)N2CCN(C)CC2)CC1. The van der Waals surface area contributed by atoms with Crippen molar-refractivity contribution in [2.75, 3.05) is 99.7 Å². The highest BCUT2D eigenvalue weighted by Gasteiger charge is 2.27. The molecule has 3 aliphatic rings. The van der Waals surface area contributed by atoms with Crippen LogP contribution in [0.3, 0.4) is 0 Å². The monoisotopic (exact) mass is 352 g/mol. The van der Waals surface area contributed by atoms with E-state index < -0.39 is 0 Å². The fourth-order valence-electron chi connectivity index (χ4n) is 3.98. The zero-order valence-electron chi connectivity index (χ0n) is 16.2. The van der Waals surface area contributed by atoms with Crippen LogP contribution in [0.25, 0.3) is 0 Å². The Hall–Kier alpha value is -0.763. The molecule has 0 amide bonds. The van der Waals surface area contributed by atoms with Gasteiger partial charge in [-0.3, -0.25) is 0 Å². The molecule has 0 saturated carbocycles. The second-order valence-corrected chi connectivity index (χ2v) is 8.73. The maximum absolute atomic E-state index is 2.69. The maximum atomic E-state index is 2.69. The summed E-state index contributed by atoms with van der Waals surface area (Å²) in [4.78, 5) is 15.4. The molecule has 0 aliphatic carbocycles. The molecular formula is C17H36N6Si. The van der Waals surface area contributed by atoms with Gasteiger partial charge in [-0.25, -0.2) is 0 Å². The van der Waals surface area contributed by atoms with Crippen LogP contribution in [0, 0.1) is 0 Å². The lowest BCUT2D eigenvalue weighted by molar-refractivity contribution is 0.0981. The van der Waals surface area contributed by atoms with E-state index >= 15 is 0 Å². The molecule has 3 rings (SSSR count). The molecule has 0 bridgehead atoms. The Morgan fingerprint density at radius 2 is 0.792 bits per heavy atom. The molecule has 24 heavy (non-hydrogen) atoms. The summed E-state index contributed by atoms with van der Waals surface area (Å²) in [6.07, 6.45) is 0. The first kappa shape index (κ1) is 18.0. The largest absolute Gasteiger partial charge is 0.374 e. The van der Waals surface area contributed by atoms with Crippen molar-refractivity contribution in [1.29, 1.82) is 0 Å². The summed E-state index contributed by atoms with van der Waals surface area (Å²) in [6.45, 7) is 14.3. The highest BCUT2D eigenvalue weighted by atomic mass is 28.1. The van der Waals surface area contributed by atoms with Gasteiger partial charge in [0, 0.05) is 83.9 Å². The van der Waals surface area contributed by atoms with Crippen molar-refractivity contribution >= 4 is 10.2 Å². The van der Waals surface area contributed by atoms with Gasteiger partial charge in [0.1, 0.15) is 5.82 Å². The third-order valence-corrected chi connectivity index (χ3v) is 6.99. The summed E-state index contributed by atoms with van der Waals surface area (Å²) in [5, 5.41) is 1.64. The zero-order valence-corrected chi connectivity index (χ0v) is 18.2. The molecule has 0 aromatic rings. The minimum atomic E-state index is 1.14. The van der Waals surface area contributed by atoms with E-state index in [9.17, 15) is 0 Å². The normalized spacial score (nSPS) is 25.4. The van der Waals surface area contributed by atoms with Crippen LogP contribution in [0.15, 0.2) is 11.1 Å². The lowest BCUT2D eigenvalue weighted by atomic mass is 10.2. The van der Waals surface area contributed by atoms with Gasteiger partial charge in [0.25, 0.3) is 0 Å². The molecule has 3 heterocycles. The van der Waals surface area contributed by atoms with Crippen LogP contribution in [0.4, 0.5) is 0 Å². The molecule has 7 heteroatoms. The standard InChI is InChI=1S/C17H36N6Si/c1-18-4-10-21(11-5-18)16(22-12-6-19(2)7-13-22)17(24)23-14-8-20(3)9-15-23/h4-15H2,1-3,24H3. The van der Waals surface area contributed by atoms with Crippen LogP contribution in [0.1, 0.15) is 0 Å². The van der Waals surface area contributed by atoms with Gasteiger partial charge in [-0.05, 0) is 21.1 Å². The molecule has 3 fully saturated rings. The van der Waals surface area contributed by atoms with Crippen molar-refractivity contribution in [1.82, 2.24) is 29.4 Å². The Balaban J connectivity index is 1.79. The lowest BCUT2D eigenvalue weighted by Gasteiger charge is -2.46. The summed E-state index contributed by atoms with van der Waals surface area (Å²) < 4.78 is 0. The number of likely N-dealkylation sites (N-methyl/N-ethyl adjacent to an activating group) is 3. The number of nitrogens with zero attached hydrogens (tertiary/aromatic N) is 6. The molecule has 0 radical (unpaired) electrons. The van der Waals surface area contributed by atoms with Crippen molar-refractivity contribution in [3.05, 3.63) is 11.1 Å². The summed E-state index contributed by atoms with van der Waals surface area (Å²) in [5.74, 6) is 1.58. The molecule has 3 aliphatic heterocycles. The lowest BCUT2D eigenvalue weighted by Crippen LogP contribution is -2.53. The van der Waals surface area contributed by atoms with Gasteiger partial charge in [0.05, 0.1) is 10.2 Å². The van der Waals surface area contributed by atoms with Gasteiger partial charge >= 0.3 is 0 Å². The molecule has 3 saturated heterocycles. The summed E-state index contributed by atoms with van der Waals surface area (Å²) in [5.41, 5.74) is 0. The molecule has 0 aromatic carbocycles. The quantitative estimate of drug-likeness (QED) is 0.556. The molecule has 0 N–H and O–H groups in total. The average molecular weight is 353 g/mol. The number of piperazine rings is 3. The zero-order chi connectivity index (χ0) is 17.1. The Labute approximate surface area is 151 Å². The van der Waals surface area contributed by atoms with Crippen LogP contribution in [0.2, 0.25) is 0 Å². The number of hydrogen-bond donors (Lipinski definition) is 0. The van der Waals surface area contributed by atoms with Gasteiger partial charge in [0.15, 0.2) is 0 Å². The van der Waals surface area contributed by atoms with E-state index in [0.29, 0.717) is 0 Å². The van der Waals surface area contributed by atoms with Crippen molar-refractivity contribution < 1.29 is 0 Å². The van der Waals surface area contributed by atoms with Crippen LogP contribution in [0.5, 0.6) is 0 Å². The van der Waals surface area contributed by atoms with Crippen LogP contribution >= 0.6 is 0 Å². The Bertz CT molecular complexity index is 408. The summed E-state index contributed by atoms with van der Waals surface area (Å²) in [6, 6.07) is 0. The molecular weight excluding hydrogens is 316 g/mol. The summed E-state index contributed by atoms with van der Waals surface area (Å²) >= 11 is 0. The first-order chi connectivity index (χ1) is 11.5. The second kappa shape index (κ2) is 8.08. The molecule has 138 valence electrons. The average Bonchev–Trinajstić information content (AvgIpc) is 2.59. The Kier molecular flexibility index (Phi) is 6.07. The predicted octanol–water partition coefficient (Wildman–Crippen LogP) is -1.78. The maximum Gasteiger partial charge on any atom is 0.118 e. The Morgan fingerprint density at radius 3 is 1.12 bits per heavy atom. The summed E-state index contributed by atoms with van der Waals surface area (Å²) in [7, 11) is 7.88. The smallest absolute Gasteiger partial charge is 0.118 e. The van der Waals surface area contributed by atoms with Crippen molar-refractivity contribution in [3.8, 4) is 0 Å². The fraction of sp³-hybridized carbons (Fsp3) is 0.882. The molecule has 0 atom stereocenters. The topological polar surface area (TPSA) is 19.4 Å². The van der Waals surface area contributed by atoms with Gasteiger partial charge in [-0.15, -0.1) is 0 Å². The van der Waals surface area contributed by atoms with Gasteiger partial charge in [-0.1, -0.05) is 0 Å². The van der Waals surface area contributed by atoms with Crippen molar-refractivity contribution in [3.63, 3.8) is 0 Å². The number of hydrogen-bond acceptors (Lipinski definition) is 6. The predicted molar refractivity (Wildman–Crippen MR) is 104 cm³/mol. The second-order valence-electron chi connectivity index (χ2n) is 7.78. The van der Waals surface area contributed by atoms with Crippen molar-refractivity contribution in [2.24, 2.45) is 0 Å². The van der Waals surface area contributed by atoms with Crippen LogP contribution in [-0.4, -0.2) is 139 Å². The third-order valence-electron chi connectivity index (χ3n) is 5.91. The fourth-order valence-corrected chi connectivity index (χ4v) is 5.06.